The van der Waals surface area contributed by atoms with E-state index in [2.05, 4.69) is 413 Å². The van der Waals surface area contributed by atoms with Gasteiger partial charge >= 0.3 is 0 Å². The van der Waals surface area contributed by atoms with E-state index in [0.717, 1.165) is 122 Å². The lowest BCUT2D eigenvalue weighted by Gasteiger charge is -2.14. The number of hydrogen-bond acceptors (Lipinski definition) is 6. The van der Waals surface area contributed by atoms with Crippen LogP contribution in [0.2, 0.25) is 0 Å². The minimum Gasteiger partial charge on any atom is -0.309 e. The van der Waals surface area contributed by atoms with E-state index >= 15 is 0 Å². The highest BCUT2D eigenvalue weighted by Crippen LogP contribution is 2.46. The van der Waals surface area contributed by atoms with Gasteiger partial charge in [-0.1, -0.05) is 358 Å². The third-order valence-corrected chi connectivity index (χ3v) is 27.5. The molecule has 136 heavy (non-hydrogen) atoms. The molecule has 0 N–H and O–H groups in total. The second-order valence-electron chi connectivity index (χ2n) is 35.2. The summed E-state index contributed by atoms with van der Waals surface area (Å²) in [5.74, 6) is 3.63. The quantitative estimate of drug-likeness (QED) is 0.113. The van der Waals surface area contributed by atoms with Crippen LogP contribution in [-0.2, 0) is 0 Å². The van der Waals surface area contributed by atoms with Crippen molar-refractivity contribution in [2.24, 2.45) is 0 Å². The Bertz CT molecular complexity index is 9600. The summed E-state index contributed by atoms with van der Waals surface area (Å²) in [6.07, 6.45) is 0. The van der Waals surface area contributed by atoms with Crippen molar-refractivity contribution >= 4 is 152 Å². The number of para-hydroxylation sites is 3. The molecule has 0 aliphatic rings. The van der Waals surface area contributed by atoms with Gasteiger partial charge in [0.15, 0.2) is 23.3 Å². The molecule has 0 amide bonds. The predicted molar refractivity (Wildman–Crippen MR) is 566 cm³/mol. The van der Waals surface area contributed by atoms with Crippen molar-refractivity contribution in [3.63, 3.8) is 0 Å². The van der Waals surface area contributed by atoms with Crippen LogP contribution in [0.15, 0.2) is 473 Å². The molecule has 0 unspecified atom stereocenters. The molecule has 6 aromatic heterocycles. The fourth-order valence-corrected chi connectivity index (χ4v) is 21.2. The normalized spacial score (nSPS) is 11.8. The van der Waals surface area contributed by atoms with Crippen molar-refractivity contribution in [3.05, 3.63) is 473 Å². The molecule has 22 aromatic carbocycles. The number of nitrogens with zero attached hydrogens (tertiary/aromatic N) is 10. The Labute approximate surface area is 781 Å². The Morgan fingerprint density at radius 2 is 0.324 bits per heavy atom. The third-order valence-electron chi connectivity index (χ3n) is 27.5. The topological polar surface area (TPSA) is 97.1 Å². The molecule has 0 saturated carbocycles. The van der Waals surface area contributed by atoms with Gasteiger partial charge in [-0.05, 0) is 224 Å². The highest BCUT2D eigenvalue weighted by atomic mass is 15.2. The summed E-state index contributed by atoms with van der Waals surface area (Å²) in [5.41, 5.74) is 24.1. The molecule has 0 saturated heterocycles. The molecule has 632 valence electrons. The molecule has 0 aliphatic carbocycles. The molecule has 6 heterocycles. The van der Waals surface area contributed by atoms with Crippen LogP contribution >= 0.6 is 0 Å². The maximum absolute atomic E-state index is 5.44. The standard InChI is InChI=1S/C69H43N5.C57H35N5/c1-5-17-44(18-6-1)47-30-35-63-59(39-47)60-41-49(32-36-64(60)73(63)52-23-11-4-12-24-52)50-33-38-66-62(42-50)61-40-48(45-19-7-2-8-20-45)31-37-65(61)74(66)69-71-67(46-21-9-3-10-22-46)70-68(72-69)51-29-34-57-55-27-14-13-25-53(55)54-26-15-16-28-56(54)58(57)43-51;1-3-15-36(16-4-1)55-58-56(37-17-5-2-6-18-37)60-57(59-55)62-52-26-14-12-24-47(52)50-34-39(28-32-54(50)62)38-27-31-53-49(33-38)46-23-11-13-25-51(46)61(53)40-29-30-45-43-21-8-7-19-41(43)42-20-9-10-22-44(42)48(45)35-40/h1-43H;1-35H. The highest BCUT2D eigenvalue weighted by molar-refractivity contribution is 6.28. The van der Waals surface area contributed by atoms with Crippen LogP contribution in [0.25, 0.3) is 265 Å². The van der Waals surface area contributed by atoms with Crippen molar-refractivity contribution in [2.75, 3.05) is 0 Å². The van der Waals surface area contributed by atoms with Crippen molar-refractivity contribution < 1.29 is 0 Å². The minimum atomic E-state index is 0.557. The van der Waals surface area contributed by atoms with E-state index in [0.29, 0.717) is 35.2 Å². The van der Waals surface area contributed by atoms with Gasteiger partial charge in [-0.3, -0.25) is 9.13 Å². The molecule has 28 aromatic rings. The maximum Gasteiger partial charge on any atom is 0.238 e. The Morgan fingerprint density at radius 3 is 0.669 bits per heavy atom. The molecule has 0 atom stereocenters. The maximum atomic E-state index is 5.44. The van der Waals surface area contributed by atoms with Crippen molar-refractivity contribution in [1.29, 1.82) is 0 Å². The van der Waals surface area contributed by atoms with E-state index < -0.39 is 0 Å². The first kappa shape index (κ1) is 77.6. The first-order chi connectivity index (χ1) is 67.4. The second kappa shape index (κ2) is 31.7. The summed E-state index contributed by atoms with van der Waals surface area (Å²) < 4.78 is 9.23. The summed E-state index contributed by atoms with van der Waals surface area (Å²) in [7, 11) is 0. The van der Waals surface area contributed by atoms with Gasteiger partial charge in [0.2, 0.25) is 11.9 Å². The van der Waals surface area contributed by atoms with Gasteiger partial charge in [-0.25, -0.2) is 9.97 Å². The molecule has 0 spiro atoms. The largest absolute Gasteiger partial charge is 0.309 e. The average molecular weight is 1730 g/mol. The summed E-state index contributed by atoms with van der Waals surface area (Å²) in [6.45, 7) is 0. The van der Waals surface area contributed by atoms with Gasteiger partial charge in [-0.15, -0.1) is 0 Å². The molecule has 0 aliphatic heterocycles. The number of aromatic nitrogens is 10. The first-order valence-electron chi connectivity index (χ1n) is 46.2. The van der Waals surface area contributed by atoms with Crippen LogP contribution in [0.5, 0.6) is 0 Å². The van der Waals surface area contributed by atoms with Crippen molar-refractivity contribution in [1.82, 2.24) is 48.2 Å². The molecule has 0 fully saturated rings. The smallest absolute Gasteiger partial charge is 0.238 e. The summed E-state index contributed by atoms with van der Waals surface area (Å²) in [6, 6.07) is 170. The van der Waals surface area contributed by atoms with E-state index in [1.807, 2.05) is 78.9 Å². The van der Waals surface area contributed by atoms with Gasteiger partial charge in [0.05, 0.1) is 44.1 Å². The first-order valence-corrected chi connectivity index (χ1v) is 46.2. The Morgan fingerprint density at radius 1 is 0.110 bits per heavy atom. The number of benzene rings is 22. The zero-order valence-electron chi connectivity index (χ0n) is 73.5. The Hall–Kier alpha value is -18.4. The Balaban J connectivity index is 0.000000140. The van der Waals surface area contributed by atoms with Crippen molar-refractivity contribution in [3.8, 4) is 113 Å². The summed E-state index contributed by atoms with van der Waals surface area (Å²) >= 11 is 0. The van der Waals surface area contributed by atoms with Gasteiger partial charge in [0.25, 0.3) is 0 Å². The van der Waals surface area contributed by atoms with Gasteiger partial charge in [0, 0.05) is 76.7 Å². The second-order valence-corrected chi connectivity index (χ2v) is 35.2. The average Bonchev–Trinajstić information content (AvgIpc) is 1.40. The van der Waals surface area contributed by atoms with E-state index in [1.165, 1.54) is 108 Å². The van der Waals surface area contributed by atoms with Gasteiger partial charge in [0.1, 0.15) is 0 Å². The van der Waals surface area contributed by atoms with Crippen LogP contribution < -0.4 is 0 Å². The third kappa shape index (κ3) is 12.9. The predicted octanol–water partition coefficient (Wildman–Crippen LogP) is 32.4. The number of rotatable bonds is 12. The molecule has 10 nitrogen and oxygen atoms in total. The van der Waals surface area contributed by atoms with Crippen LogP contribution in [0.3, 0.4) is 0 Å². The summed E-state index contributed by atoms with van der Waals surface area (Å²) in [5, 5.41) is 24.3. The summed E-state index contributed by atoms with van der Waals surface area (Å²) in [4.78, 5) is 31.3. The van der Waals surface area contributed by atoms with Gasteiger partial charge < -0.3 is 9.13 Å². The van der Waals surface area contributed by atoms with Gasteiger partial charge in [-0.2, -0.15) is 19.9 Å². The van der Waals surface area contributed by atoms with E-state index in [-0.39, 0.29) is 0 Å². The highest BCUT2D eigenvalue weighted by Gasteiger charge is 2.26. The molecule has 0 bridgehead atoms. The van der Waals surface area contributed by atoms with Crippen LogP contribution in [-0.4, -0.2) is 48.2 Å². The number of hydrogen-bond donors (Lipinski definition) is 0. The monoisotopic (exact) mass is 1730 g/mol. The zero-order chi connectivity index (χ0) is 89.4. The fraction of sp³-hybridized carbons (Fsp3) is 0. The van der Waals surface area contributed by atoms with Crippen LogP contribution in [0.1, 0.15) is 0 Å². The lowest BCUT2D eigenvalue weighted by atomic mass is 9.93. The fourth-order valence-electron chi connectivity index (χ4n) is 21.2. The minimum absolute atomic E-state index is 0.557. The van der Waals surface area contributed by atoms with Crippen LogP contribution in [0, 0.1) is 0 Å². The van der Waals surface area contributed by atoms with E-state index in [4.69, 9.17) is 29.9 Å². The Kier molecular flexibility index (Phi) is 18.1. The molecule has 28 rings (SSSR count). The van der Waals surface area contributed by atoms with Crippen molar-refractivity contribution in [2.45, 2.75) is 0 Å². The van der Waals surface area contributed by atoms with E-state index in [9.17, 15) is 0 Å². The lowest BCUT2D eigenvalue weighted by Crippen LogP contribution is -2.06. The SMILES string of the molecule is c1ccc(-c2ccc3c(c2)c2cc(-c4ccc5c(c4)c4cc(-c6ccccc6)ccc4n5-c4nc(-c5ccccc5)nc(-c5ccc6c7ccccc7c7ccccc7c6c5)n4)ccc2n3-c2ccccc2)cc1.c1ccc(-c2nc(-c3ccccc3)nc(-n3c4ccccc4c4cc(-c5ccc6c(c5)c5ccccc5n6-c5ccc6c7ccccc7c7ccccc7c6c5)ccc43)n2)cc1. The van der Waals surface area contributed by atoms with Crippen LogP contribution in [0.4, 0.5) is 0 Å². The zero-order valence-corrected chi connectivity index (χ0v) is 73.5. The molecular formula is C126H78N10. The van der Waals surface area contributed by atoms with E-state index in [1.54, 1.807) is 0 Å². The number of fused-ring (bicyclic) bond motifs is 24. The molecule has 0 radical (unpaired) electrons. The lowest BCUT2D eigenvalue weighted by molar-refractivity contribution is 0.953. The molecular weight excluding hydrogens is 1650 g/mol. The molecule has 10 heteroatoms.